The van der Waals surface area contributed by atoms with Gasteiger partial charge < -0.3 is 20.9 Å². The van der Waals surface area contributed by atoms with Crippen LogP contribution in [0.2, 0.25) is 0 Å². The molecule has 0 spiro atoms. The molecule has 2 heterocycles. The lowest BCUT2D eigenvalue weighted by molar-refractivity contribution is 0.0358. The van der Waals surface area contributed by atoms with Gasteiger partial charge in [0.1, 0.15) is 23.2 Å². The molecule has 1 aliphatic heterocycles. The van der Waals surface area contributed by atoms with Crippen molar-refractivity contribution in [1.82, 2.24) is 14.9 Å². The molecule has 136 valence electrons. The Bertz CT molecular complexity index is 799. The van der Waals surface area contributed by atoms with Crippen LogP contribution in [0.15, 0.2) is 24.3 Å². The third kappa shape index (κ3) is 4.39. The largest absolute Gasteiger partial charge is 0.494 e. The van der Waals surface area contributed by atoms with Gasteiger partial charge in [-0.2, -0.15) is 10.2 Å². The van der Waals surface area contributed by atoms with E-state index in [0.29, 0.717) is 23.6 Å². The van der Waals surface area contributed by atoms with Crippen molar-refractivity contribution in [2.75, 3.05) is 50.9 Å². The highest BCUT2D eigenvalue weighted by molar-refractivity contribution is 5.73. The lowest BCUT2D eigenvalue weighted by atomic mass is 10.1. The highest BCUT2D eigenvalue weighted by atomic mass is 16.5. The van der Waals surface area contributed by atoms with E-state index in [0.717, 1.165) is 39.3 Å². The quantitative estimate of drug-likeness (QED) is 0.744. The Kier molecular flexibility index (Phi) is 5.84. The molecule has 0 bridgehead atoms. The summed E-state index contributed by atoms with van der Waals surface area (Å²) in [5, 5.41) is 9.32. The molecule has 1 aromatic carbocycles. The molecule has 8 heteroatoms. The summed E-state index contributed by atoms with van der Waals surface area (Å²) in [7, 11) is 0. The molecule has 0 unspecified atom stereocenters. The molecule has 26 heavy (non-hydrogen) atoms. The molecule has 2 aromatic rings. The zero-order chi connectivity index (χ0) is 18.4. The van der Waals surface area contributed by atoms with Crippen molar-refractivity contribution in [3.63, 3.8) is 0 Å². The zero-order valence-electron chi connectivity index (χ0n) is 14.5. The second kappa shape index (κ2) is 8.47. The number of ether oxygens (including phenoxy) is 2. The zero-order valence-corrected chi connectivity index (χ0v) is 14.5. The Morgan fingerprint density at radius 1 is 1.23 bits per heavy atom. The van der Waals surface area contributed by atoms with Crippen LogP contribution in [0.1, 0.15) is 12.0 Å². The van der Waals surface area contributed by atoms with Crippen LogP contribution in [0.3, 0.4) is 0 Å². The van der Waals surface area contributed by atoms with Gasteiger partial charge in [0.2, 0.25) is 5.95 Å². The van der Waals surface area contributed by atoms with E-state index in [9.17, 15) is 5.26 Å². The van der Waals surface area contributed by atoms with Crippen molar-refractivity contribution in [2.24, 2.45) is 0 Å². The van der Waals surface area contributed by atoms with Gasteiger partial charge >= 0.3 is 0 Å². The van der Waals surface area contributed by atoms with Crippen molar-refractivity contribution in [3.8, 4) is 23.1 Å². The average Bonchev–Trinajstić information content (AvgIpc) is 2.66. The Hall–Kier alpha value is -2.89. The maximum absolute atomic E-state index is 9.32. The number of benzene rings is 1. The molecule has 1 saturated heterocycles. The first-order valence-corrected chi connectivity index (χ1v) is 8.54. The summed E-state index contributed by atoms with van der Waals surface area (Å²) < 4.78 is 11.2. The van der Waals surface area contributed by atoms with E-state index in [-0.39, 0.29) is 17.3 Å². The summed E-state index contributed by atoms with van der Waals surface area (Å²) in [6.07, 6.45) is 0.932. The van der Waals surface area contributed by atoms with Gasteiger partial charge in [-0.05, 0) is 18.6 Å². The van der Waals surface area contributed by atoms with Crippen LogP contribution in [-0.4, -0.2) is 54.3 Å². The summed E-state index contributed by atoms with van der Waals surface area (Å²) in [5.41, 5.74) is 12.8. The van der Waals surface area contributed by atoms with Crippen LogP contribution >= 0.6 is 0 Å². The number of aromatic nitrogens is 2. The first-order valence-electron chi connectivity index (χ1n) is 8.54. The Labute approximate surface area is 152 Å². The van der Waals surface area contributed by atoms with Gasteiger partial charge in [0.05, 0.1) is 25.5 Å². The normalized spacial score (nSPS) is 14.7. The third-order valence-electron chi connectivity index (χ3n) is 4.16. The van der Waals surface area contributed by atoms with E-state index in [4.69, 9.17) is 20.9 Å². The van der Waals surface area contributed by atoms with Crippen molar-refractivity contribution >= 4 is 11.8 Å². The average molecular weight is 354 g/mol. The minimum absolute atomic E-state index is 0.0355. The molecule has 0 atom stereocenters. The molecule has 0 radical (unpaired) electrons. The minimum atomic E-state index is 0.0355. The lowest BCUT2D eigenvalue weighted by Crippen LogP contribution is -2.37. The number of hydrogen-bond acceptors (Lipinski definition) is 8. The van der Waals surface area contributed by atoms with Crippen LogP contribution in [0.5, 0.6) is 5.75 Å². The number of nitriles is 1. The Morgan fingerprint density at radius 3 is 2.81 bits per heavy atom. The number of nitrogen functional groups attached to an aromatic ring is 2. The van der Waals surface area contributed by atoms with Gasteiger partial charge in [-0.15, -0.1) is 0 Å². The number of anilines is 2. The number of hydrogen-bond donors (Lipinski definition) is 2. The van der Waals surface area contributed by atoms with Crippen molar-refractivity contribution in [1.29, 1.82) is 5.26 Å². The van der Waals surface area contributed by atoms with E-state index in [1.807, 2.05) is 30.3 Å². The van der Waals surface area contributed by atoms with Gasteiger partial charge in [-0.25, -0.2) is 4.98 Å². The Morgan fingerprint density at radius 2 is 2.04 bits per heavy atom. The van der Waals surface area contributed by atoms with Crippen molar-refractivity contribution in [2.45, 2.75) is 6.42 Å². The van der Waals surface area contributed by atoms with Crippen LogP contribution in [0.4, 0.5) is 11.8 Å². The van der Waals surface area contributed by atoms with Gasteiger partial charge in [0.25, 0.3) is 0 Å². The van der Waals surface area contributed by atoms with Crippen LogP contribution in [-0.2, 0) is 4.74 Å². The van der Waals surface area contributed by atoms with Crippen molar-refractivity contribution < 1.29 is 9.47 Å². The maximum atomic E-state index is 9.32. The van der Waals surface area contributed by atoms with Crippen molar-refractivity contribution in [3.05, 3.63) is 29.8 Å². The number of rotatable bonds is 6. The summed E-state index contributed by atoms with van der Waals surface area (Å²) in [5.74, 6) is 0.823. The van der Waals surface area contributed by atoms with Crippen LogP contribution in [0.25, 0.3) is 11.3 Å². The molecule has 1 fully saturated rings. The number of morpholine rings is 1. The highest BCUT2D eigenvalue weighted by Crippen LogP contribution is 2.28. The van der Waals surface area contributed by atoms with E-state index < -0.39 is 0 Å². The fourth-order valence-corrected chi connectivity index (χ4v) is 2.85. The minimum Gasteiger partial charge on any atom is -0.494 e. The molecule has 4 N–H and O–H groups in total. The fourth-order valence-electron chi connectivity index (χ4n) is 2.85. The maximum Gasteiger partial charge on any atom is 0.222 e. The fraction of sp³-hybridized carbons (Fsp3) is 0.389. The summed E-state index contributed by atoms with van der Waals surface area (Å²) in [6.45, 7) is 5.15. The number of nitrogens with two attached hydrogens (primary N) is 2. The van der Waals surface area contributed by atoms with Gasteiger partial charge in [-0.3, -0.25) is 4.90 Å². The van der Waals surface area contributed by atoms with Gasteiger partial charge in [0.15, 0.2) is 0 Å². The molecule has 1 aliphatic rings. The highest BCUT2D eigenvalue weighted by Gasteiger charge is 2.14. The predicted molar refractivity (Wildman–Crippen MR) is 98.4 cm³/mol. The molecule has 0 amide bonds. The van der Waals surface area contributed by atoms with Crippen LogP contribution in [0, 0.1) is 11.3 Å². The molecule has 8 nitrogen and oxygen atoms in total. The topological polar surface area (TPSA) is 123 Å². The first-order chi connectivity index (χ1) is 12.7. The second-order valence-corrected chi connectivity index (χ2v) is 5.99. The van der Waals surface area contributed by atoms with Crippen LogP contribution < -0.4 is 16.2 Å². The standard InChI is InChI=1S/C18H22N6O2/c19-12-15-16(22-18(21)23-17(15)20)13-3-1-4-14(11-13)26-8-2-5-24-6-9-25-10-7-24/h1,3-4,11H,2,5-10H2,(H4,20,21,22,23). The van der Waals surface area contributed by atoms with E-state index in [2.05, 4.69) is 14.9 Å². The Balaban J connectivity index is 1.64. The predicted octanol–water partition coefficient (Wildman–Crippen LogP) is 1.28. The monoisotopic (exact) mass is 354 g/mol. The third-order valence-corrected chi connectivity index (χ3v) is 4.16. The molecular weight excluding hydrogens is 332 g/mol. The molecule has 0 aliphatic carbocycles. The summed E-state index contributed by atoms with van der Waals surface area (Å²) in [4.78, 5) is 10.4. The van der Waals surface area contributed by atoms with Gasteiger partial charge in [0, 0.05) is 25.2 Å². The second-order valence-electron chi connectivity index (χ2n) is 5.99. The SMILES string of the molecule is N#Cc1c(N)nc(N)nc1-c1cccc(OCCCN2CCOCC2)c1. The first kappa shape index (κ1) is 17.9. The van der Waals surface area contributed by atoms with E-state index in [1.165, 1.54) is 0 Å². The van der Waals surface area contributed by atoms with Gasteiger partial charge in [-0.1, -0.05) is 12.1 Å². The lowest BCUT2D eigenvalue weighted by Gasteiger charge is -2.26. The molecular formula is C18H22N6O2. The summed E-state index contributed by atoms with van der Waals surface area (Å²) >= 11 is 0. The number of nitrogens with zero attached hydrogens (tertiary/aromatic N) is 4. The smallest absolute Gasteiger partial charge is 0.222 e. The van der Waals surface area contributed by atoms with E-state index >= 15 is 0 Å². The molecule has 1 aromatic heterocycles. The summed E-state index contributed by atoms with van der Waals surface area (Å²) in [6, 6.07) is 9.42. The molecule has 0 saturated carbocycles. The van der Waals surface area contributed by atoms with E-state index in [1.54, 1.807) is 0 Å². The molecule has 3 rings (SSSR count).